The molecule has 0 aliphatic rings. The van der Waals surface area contributed by atoms with E-state index >= 15 is 0 Å². The number of rotatable bonds is 3. The third-order valence-corrected chi connectivity index (χ3v) is 3.14. The fourth-order valence-electron chi connectivity index (χ4n) is 1.57. The predicted molar refractivity (Wildman–Crippen MR) is 71.9 cm³/mol. The molecule has 0 saturated heterocycles. The highest BCUT2D eigenvalue weighted by atomic mass is 35.5. The van der Waals surface area contributed by atoms with Crippen molar-refractivity contribution in [3.63, 3.8) is 0 Å². The molecule has 0 unspecified atom stereocenters. The Hall–Kier alpha value is -0.990. The molecule has 0 bridgehead atoms. The summed E-state index contributed by atoms with van der Waals surface area (Å²) in [6.07, 6.45) is 0. The molecule has 2 aromatic rings. The van der Waals surface area contributed by atoms with Gasteiger partial charge >= 0.3 is 0 Å². The van der Waals surface area contributed by atoms with Crippen molar-refractivity contribution in [2.45, 2.75) is 26.3 Å². The summed E-state index contributed by atoms with van der Waals surface area (Å²) in [6.45, 7) is 4.87. The van der Waals surface area contributed by atoms with Crippen LogP contribution in [0.25, 0.3) is 0 Å². The lowest BCUT2D eigenvalue weighted by molar-refractivity contribution is 0.658. The van der Waals surface area contributed by atoms with Crippen LogP contribution in [0.1, 0.15) is 31.0 Å². The summed E-state index contributed by atoms with van der Waals surface area (Å²) in [5, 5.41) is 5.89. The molecule has 90 valence electrons. The summed E-state index contributed by atoms with van der Waals surface area (Å²) in [4.78, 5) is 0. The summed E-state index contributed by atoms with van der Waals surface area (Å²) in [5.74, 6) is 0.388. The number of benzene rings is 1. The van der Waals surface area contributed by atoms with Gasteiger partial charge in [-0.15, -0.1) is 0 Å². The van der Waals surface area contributed by atoms with Gasteiger partial charge in [0.15, 0.2) is 0 Å². The van der Waals surface area contributed by atoms with Crippen LogP contribution in [0, 0.1) is 0 Å². The van der Waals surface area contributed by atoms with Crippen molar-refractivity contribution in [3.05, 3.63) is 51.8 Å². The van der Waals surface area contributed by atoms with E-state index in [1.54, 1.807) is 4.68 Å². The monoisotopic (exact) mass is 268 g/mol. The summed E-state index contributed by atoms with van der Waals surface area (Å²) in [7, 11) is 0. The van der Waals surface area contributed by atoms with E-state index in [0.29, 0.717) is 17.6 Å². The molecule has 0 N–H and O–H groups in total. The lowest BCUT2D eigenvalue weighted by Crippen LogP contribution is -2.02. The predicted octanol–water partition coefficient (Wildman–Crippen LogP) is 4.36. The van der Waals surface area contributed by atoms with Crippen LogP contribution in [-0.4, -0.2) is 9.78 Å². The molecule has 0 fully saturated rings. The van der Waals surface area contributed by atoms with Gasteiger partial charge in [0.1, 0.15) is 5.15 Å². The smallest absolute Gasteiger partial charge is 0.127 e. The molecule has 0 amide bonds. The summed E-state index contributed by atoms with van der Waals surface area (Å²) in [6, 6.07) is 9.63. The van der Waals surface area contributed by atoms with Crippen LogP contribution in [0.2, 0.25) is 10.2 Å². The number of hydrogen-bond acceptors (Lipinski definition) is 1. The third-order valence-electron chi connectivity index (χ3n) is 2.59. The molecule has 0 atom stereocenters. The lowest BCUT2D eigenvalue weighted by atomic mass is 10.1. The highest BCUT2D eigenvalue weighted by molar-refractivity contribution is 6.30. The number of halogens is 2. The van der Waals surface area contributed by atoms with Gasteiger partial charge in [-0.3, -0.25) is 0 Å². The molecular formula is C13H14Cl2N2. The number of hydrogen-bond donors (Lipinski definition) is 0. The standard InChI is InChI=1S/C13H14Cl2N2/c1-9(2)12-7-13(15)17(16-12)8-10-3-5-11(14)6-4-10/h3-7,9H,8H2,1-2H3. The number of nitrogens with zero attached hydrogens (tertiary/aromatic N) is 2. The van der Waals surface area contributed by atoms with Crippen LogP contribution >= 0.6 is 23.2 Å². The van der Waals surface area contributed by atoms with E-state index in [0.717, 1.165) is 16.3 Å². The van der Waals surface area contributed by atoms with Crippen LogP contribution in [0.15, 0.2) is 30.3 Å². The summed E-state index contributed by atoms with van der Waals surface area (Å²) in [5.41, 5.74) is 2.15. The first-order valence-corrected chi connectivity index (χ1v) is 6.29. The molecular weight excluding hydrogens is 255 g/mol. The molecule has 1 aromatic heterocycles. The Morgan fingerprint density at radius 3 is 2.35 bits per heavy atom. The maximum Gasteiger partial charge on any atom is 0.127 e. The van der Waals surface area contributed by atoms with E-state index < -0.39 is 0 Å². The molecule has 1 aromatic carbocycles. The first kappa shape index (κ1) is 12.5. The first-order valence-electron chi connectivity index (χ1n) is 5.54. The average molecular weight is 269 g/mol. The second-order valence-corrected chi connectivity index (χ2v) is 5.15. The fourth-order valence-corrected chi connectivity index (χ4v) is 1.90. The Bertz CT molecular complexity index is 501. The summed E-state index contributed by atoms with van der Waals surface area (Å²) < 4.78 is 1.81. The normalized spacial score (nSPS) is 11.1. The van der Waals surface area contributed by atoms with Crippen molar-refractivity contribution >= 4 is 23.2 Å². The average Bonchev–Trinajstić information content (AvgIpc) is 2.64. The molecule has 4 heteroatoms. The van der Waals surface area contributed by atoms with Gasteiger partial charge < -0.3 is 0 Å². The van der Waals surface area contributed by atoms with Crippen molar-refractivity contribution in [2.75, 3.05) is 0 Å². The molecule has 0 radical (unpaired) electrons. The topological polar surface area (TPSA) is 17.8 Å². The Labute approximate surface area is 111 Å². The zero-order chi connectivity index (χ0) is 12.4. The minimum Gasteiger partial charge on any atom is -0.249 e. The second-order valence-electron chi connectivity index (χ2n) is 4.33. The van der Waals surface area contributed by atoms with E-state index in [1.807, 2.05) is 30.3 Å². The Morgan fingerprint density at radius 1 is 1.18 bits per heavy atom. The maximum absolute atomic E-state index is 6.14. The Morgan fingerprint density at radius 2 is 1.82 bits per heavy atom. The van der Waals surface area contributed by atoms with E-state index in [-0.39, 0.29) is 0 Å². The second kappa shape index (κ2) is 5.11. The largest absolute Gasteiger partial charge is 0.249 e. The maximum atomic E-state index is 6.14. The number of aromatic nitrogens is 2. The first-order chi connectivity index (χ1) is 8.06. The van der Waals surface area contributed by atoms with Crippen molar-refractivity contribution in [1.82, 2.24) is 9.78 Å². The SMILES string of the molecule is CC(C)c1cc(Cl)n(Cc2ccc(Cl)cc2)n1. The molecule has 0 aliphatic carbocycles. The van der Waals surface area contributed by atoms with Gasteiger partial charge in [-0.05, 0) is 29.7 Å². The summed E-state index contributed by atoms with van der Waals surface area (Å²) >= 11 is 12.0. The van der Waals surface area contributed by atoms with Gasteiger partial charge in [-0.25, -0.2) is 4.68 Å². The van der Waals surface area contributed by atoms with Gasteiger partial charge in [0.2, 0.25) is 0 Å². The van der Waals surface area contributed by atoms with Crippen molar-refractivity contribution in [2.24, 2.45) is 0 Å². The minimum atomic E-state index is 0.388. The molecule has 2 rings (SSSR count). The van der Waals surface area contributed by atoms with Gasteiger partial charge in [-0.1, -0.05) is 49.2 Å². The highest BCUT2D eigenvalue weighted by Gasteiger charge is 2.09. The molecule has 1 heterocycles. The van der Waals surface area contributed by atoms with Crippen LogP contribution in [0.5, 0.6) is 0 Å². The van der Waals surface area contributed by atoms with Crippen LogP contribution in [0.4, 0.5) is 0 Å². The zero-order valence-electron chi connectivity index (χ0n) is 9.82. The Kier molecular flexibility index (Phi) is 3.75. The molecule has 17 heavy (non-hydrogen) atoms. The molecule has 0 saturated carbocycles. The van der Waals surface area contributed by atoms with Crippen LogP contribution in [-0.2, 0) is 6.54 Å². The fraction of sp³-hybridized carbons (Fsp3) is 0.308. The Balaban J connectivity index is 2.21. The van der Waals surface area contributed by atoms with Gasteiger partial charge in [0.25, 0.3) is 0 Å². The third kappa shape index (κ3) is 3.02. The molecule has 2 nitrogen and oxygen atoms in total. The zero-order valence-corrected chi connectivity index (χ0v) is 11.3. The van der Waals surface area contributed by atoms with Gasteiger partial charge in [-0.2, -0.15) is 5.10 Å². The van der Waals surface area contributed by atoms with E-state index in [9.17, 15) is 0 Å². The van der Waals surface area contributed by atoms with E-state index in [1.165, 1.54) is 0 Å². The van der Waals surface area contributed by atoms with Crippen molar-refractivity contribution in [1.29, 1.82) is 0 Å². The van der Waals surface area contributed by atoms with Crippen LogP contribution < -0.4 is 0 Å². The van der Waals surface area contributed by atoms with E-state index in [2.05, 4.69) is 18.9 Å². The van der Waals surface area contributed by atoms with Crippen molar-refractivity contribution in [3.8, 4) is 0 Å². The minimum absolute atomic E-state index is 0.388. The molecule has 0 aliphatic heterocycles. The molecule has 0 spiro atoms. The van der Waals surface area contributed by atoms with Gasteiger partial charge in [0.05, 0.1) is 12.2 Å². The van der Waals surface area contributed by atoms with Crippen molar-refractivity contribution < 1.29 is 0 Å². The van der Waals surface area contributed by atoms with Gasteiger partial charge in [0, 0.05) is 5.02 Å². The quantitative estimate of drug-likeness (QED) is 0.809. The highest BCUT2D eigenvalue weighted by Crippen LogP contribution is 2.19. The lowest BCUT2D eigenvalue weighted by Gasteiger charge is -2.04. The van der Waals surface area contributed by atoms with Crippen LogP contribution in [0.3, 0.4) is 0 Å². The van der Waals surface area contributed by atoms with E-state index in [4.69, 9.17) is 23.2 Å².